The van der Waals surface area contributed by atoms with E-state index < -0.39 is 0 Å². The average Bonchev–Trinajstić information content (AvgIpc) is 3.08. The minimum Gasteiger partial charge on any atom is -0.454 e. The van der Waals surface area contributed by atoms with Crippen molar-refractivity contribution in [3.63, 3.8) is 0 Å². The monoisotopic (exact) mass is 339 g/mol. The van der Waals surface area contributed by atoms with Gasteiger partial charge in [0.2, 0.25) is 12.7 Å². The standard InChI is InChI=1S/C18H17N3O4/c22-17-6-2-12-8-13(3-4-14(12)21-17)20-18(23)19-9-11-1-5-15-16(7-11)25-10-24-15/h1,3-5,7-8H,2,6,9-10H2,(H,21,22)(H2,19,20,23). The molecule has 2 aromatic rings. The molecule has 25 heavy (non-hydrogen) atoms. The number of carbonyl (C=O) groups excluding carboxylic acids is 2. The van der Waals surface area contributed by atoms with Crippen molar-refractivity contribution in [1.82, 2.24) is 5.32 Å². The summed E-state index contributed by atoms with van der Waals surface area (Å²) < 4.78 is 10.6. The fraction of sp³-hybridized carbons (Fsp3) is 0.222. The molecular weight excluding hydrogens is 322 g/mol. The van der Waals surface area contributed by atoms with E-state index in [0.29, 0.717) is 36.6 Å². The molecule has 7 heteroatoms. The van der Waals surface area contributed by atoms with Gasteiger partial charge in [0.05, 0.1) is 0 Å². The van der Waals surface area contributed by atoms with Gasteiger partial charge in [-0.15, -0.1) is 0 Å². The van der Waals surface area contributed by atoms with E-state index in [1.165, 1.54) is 0 Å². The van der Waals surface area contributed by atoms with E-state index in [9.17, 15) is 9.59 Å². The van der Waals surface area contributed by atoms with Crippen LogP contribution in [0.5, 0.6) is 11.5 Å². The third kappa shape index (κ3) is 3.35. The topological polar surface area (TPSA) is 88.7 Å². The molecule has 2 aliphatic rings. The SMILES string of the molecule is O=C1CCc2cc(NC(=O)NCc3ccc4c(c3)OCO4)ccc2N1. The highest BCUT2D eigenvalue weighted by Gasteiger charge is 2.16. The highest BCUT2D eigenvalue weighted by molar-refractivity contribution is 5.95. The Morgan fingerprint density at radius 1 is 1.08 bits per heavy atom. The summed E-state index contributed by atoms with van der Waals surface area (Å²) in [5, 5.41) is 8.43. The van der Waals surface area contributed by atoms with Crippen molar-refractivity contribution in [2.75, 3.05) is 17.4 Å². The van der Waals surface area contributed by atoms with E-state index >= 15 is 0 Å². The number of rotatable bonds is 3. The van der Waals surface area contributed by atoms with Crippen LogP contribution in [-0.4, -0.2) is 18.7 Å². The van der Waals surface area contributed by atoms with Crippen molar-refractivity contribution in [3.05, 3.63) is 47.5 Å². The fourth-order valence-electron chi connectivity index (χ4n) is 2.87. The second-order valence-electron chi connectivity index (χ2n) is 5.92. The van der Waals surface area contributed by atoms with Crippen molar-refractivity contribution in [1.29, 1.82) is 0 Å². The molecule has 4 rings (SSSR count). The van der Waals surface area contributed by atoms with Gasteiger partial charge in [-0.1, -0.05) is 6.07 Å². The highest BCUT2D eigenvalue weighted by atomic mass is 16.7. The Kier molecular flexibility index (Phi) is 3.89. The summed E-state index contributed by atoms with van der Waals surface area (Å²) in [7, 11) is 0. The van der Waals surface area contributed by atoms with Gasteiger partial charge in [0, 0.05) is 24.3 Å². The first-order valence-electron chi connectivity index (χ1n) is 8.03. The van der Waals surface area contributed by atoms with Crippen LogP contribution < -0.4 is 25.4 Å². The fourth-order valence-corrected chi connectivity index (χ4v) is 2.87. The minimum atomic E-state index is -0.294. The molecule has 0 bridgehead atoms. The number of benzene rings is 2. The molecule has 0 unspecified atom stereocenters. The van der Waals surface area contributed by atoms with Crippen LogP contribution in [0.1, 0.15) is 17.5 Å². The van der Waals surface area contributed by atoms with E-state index in [4.69, 9.17) is 9.47 Å². The Hall–Kier alpha value is -3.22. The summed E-state index contributed by atoms with van der Waals surface area (Å²) in [5.74, 6) is 1.43. The molecule has 0 saturated carbocycles. The summed E-state index contributed by atoms with van der Waals surface area (Å²) in [5.41, 5.74) is 3.45. The first-order valence-corrected chi connectivity index (χ1v) is 8.03. The zero-order chi connectivity index (χ0) is 17.2. The van der Waals surface area contributed by atoms with Crippen molar-refractivity contribution in [3.8, 4) is 11.5 Å². The molecule has 0 fully saturated rings. The number of carbonyl (C=O) groups is 2. The first-order chi connectivity index (χ1) is 12.2. The van der Waals surface area contributed by atoms with Gasteiger partial charge < -0.3 is 25.4 Å². The minimum absolute atomic E-state index is 0.0229. The van der Waals surface area contributed by atoms with E-state index in [0.717, 1.165) is 16.8 Å². The Bertz CT molecular complexity index is 850. The van der Waals surface area contributed by atoms with E-state index in [2.05, 4.69) is 16.0 Å². The van der Waals surface area contributed by atoms with Crippen LogP contribution in [0, 0.1) is 0 Å². The number of hydrogen-bond donors (Lipinski definition) is 3. The number of anilines is 2. The molecule has 0 atom stereocenters. The maximum absolute atomic E-state index is 12.1. The molecule has 2 aromatic carbocycles. The van der Waals surface area contributed by atoms with Gasteiger partial charge in [-0.25, -0.2) is 4.79 Å². The van der Waals surface area contributed by atoms with Crippen molar-refractivity contribution in [2.45, 2.75) is 19.4 Å². The van der Waals surface area contributed by atoms with E-state index in [1.807, 2.05) is 24.3 Å². The molecule has 128 valence electrons. The zero-order valence-electron chi connectivity index (χ0n) is 13.4. The maximum atomic E-state index is 12.1. The van der Waals surface area contributed by atoms with Gasteiger partial charge >= 0.3 is 6.03 Å². The number of fused-ring (bicyclic) bond motifs is 2. The van der Waals surface area contributed by atoms with Crippen LogP contribution in [0.25, 0.3) is 0 Å². The van der Waals surface area contributed by atoms with Crippen molar-refractivity contribution >= 4 is 23.3 Å². The largest absolute Gasteiger partial charge is 0.454 e. The van der Waals surface area contributed by atoms with Gasteiger partial charge in [0.1, 0.15) is 0 Å². The van der Waals surface area contributed by atoms with Gasteiger partial charge in [0.15, 0.2) is 11.5 Å². The smallest absolute Gasteiger partial charge is 0.319 e. The summed E-state index contributed by atoms with van der Waals surface area (Å²) in [4.78, 5) is 23.5. The third-order valence-electron chi connectivity index (χ3n) is 4.15. The van der Waals surface area contributed by atoms with Crippen LogP contribution >= 0.6 is 0 Å². The number of amides is 3. The predicted octanol–water partition coefficient (Wildman–Crippen LogP) is 2.62. The van der Waals surface area contributed by atoms with Gasteiger partial charge in [-0.2, -0.15) is 0 Å². The molecule has 0 saturated heterocycles. The molecular formula is C18H17N3O4. The molecule has 0 aliphatic carbocycles. The Morgan fingerprint density at radius 2 is 1.96 bits per heavy atom. The molecule has 2 aliphatic heterocycles. The number of nitrogens with one attached hydrogen (secondary N) is 3. The number of urea groups is 1. The Balaban J connectivity index is 1.35. The van der Waals surface area contributed by atoms with Gasteiger partial charge in [0.25, 0.3) is 0 Å². The van der Waals surface area contributed by atoms with E-state index in [1.54, 1.807) is 12.1 Å². The number of hydrogen-bond acceptors (Lipinski definition) is 4. The molecule has 0 radical (unpaired) electrons. The number of aryl methyl sites for hydroxylation is 1. The lowest BCUT2D eigenvalue weighted by Crippen LogP contribution is -2.28. The van der Waals surface area contributed by atoms with Crippen LogP contribution in [0.4, 0.5) is 16.2 Å². The summed E-state index contributed by atoms with van der Waals surface area (Å²) in [6.45, 7) is 0.606. The molecule has 0 spiro atoms. The highest BCUT2D eigenvalue weighted by Crippen LogP contribution is 2.32. The second kappa shape index (κ2) is 6.35. The van der Waals surface area contributed by atoms with Crippen LogP contribution in [-0.2, 0) is 17.8 Å². The molecule has 3 N–H and O–H groups in total. The average molecular weight is 339 g/mol. The van der Waals surface area contributed by atoms with Crippen molar-refractivity contribution in [2.24, 2.45) is 0 Å². The maximum Gasteiger partial charge on any atom is 0.319 e. The lowest BCUT2D eigenvalue weighted by molar-refractivity contribution is -0.116. The van der Waals surface area contributed by atoms with Gasteiger partial charge in [-0.3, -0.25) is 4.79 Å². The lowest BCUT2D eigenvalue weighted by Gasteiger charge is -2.17. The molecule has 3 amide bonds. The summed E-state index contributed by atoms with van der Waals surface area (Å²) in [6.07, 6.45) is 1.14. The lowest BCUT2D eigenvalue weighted by atomic mass is 10.0. The Morgan fingerprint density at radius 3 is 2.88 bits per heavy atom. The summed E-state index contributed by atoms with van der Waals surface area (Å²) >= 11 is 0. The number of ether oxygens (including phenoxy) is 2. The second-order valence-corrected chi connectivity index (χ2v) is 5.92. The van der Waals surface area contributed by atoms with Crippen LogP contribution in [0.3, 0.4) is 0 Å². The van der Waals surface area contributed by atoms with Crippen LogP contribution in [0.15, 0.2) is 36.4 Å². The third-order valence-corrected chi connectivity index (χ3v) is 4.15. The van der Waals surface area contributed by atoms with Crippen molar-refractivity contribution < 1.29 is 19.1 Å². The Labute approximate surface area is 144 Å². The molecule has 0 aromatic heterocycles. The predicted molar refractivity (Wildman–Crippen MR) is 91.8 cm³/mol. The van der Waals surface area contributed by atoms with E-state index in [-0.39, 0.29) is 18.7 Å². The van der Waals surface area contributed by atoms with Gasteiger partial charge in [-0.05, 0) is 47.9 Å². The zero-order valence-corrected chi connectivity index (χ0v) is 13.4. The van der Waals surface area contributed by atoms with Crippen LogP contribution in [0.2, 0.25) is 0 Å². The quantitative estimate of drug-likeness (QED) is 0.802. The molecule has 2 heterocycles. The molecule has 7 nitrogen and oxygen atoms in total. The normalized spacial score (nSPS) is 14.5. The summed E-state index contributed by atoms with van der Waals surface area (Å²) in [6, 6.07) is 10.7. The first kappa shape index (κ1) is 15.3.